The number of aryl methyl sites for hydroxylation is 2. The lowest BCUT2D eigenvalue weighted by Gasteiger charge is -2.32. The standard InChI is InChI=1S/C29H34N2O2/c1-21-18-24(12-15-28(21)23-8-4-3-5-9-23)29(33)30-16-6-7-17-31(2)26-13-10-22-11-14-27(32)20-25(22)19-26/h3-5,8-9,11-12,14-15,18,20,26,32H,6-7,10,13,16-17,19H2,1-2H3,(H,30,33)/t26-/m1/s1. The maximum absolute atomic E-state index is 12.6. The van der Waals surface area contributed by atoms with Crippen LogP contribution in [0.15, 0.2) is 66.7 Å². The summed E-state index contributed by atoms with van der Waals surface area (Å²) in [5.74, 6) is 0.354. The fraction of sp³-hybridized carbons (Fsp3) is 0.345. The molecule has 4 nitrogen and oxygen atoms in total. The second-order valence-electron chi connectivity index (χ2n) is 9.19. The lowest BCUT2D eigenvalue weighted by Crippen LogP contribution is -2.37. The molecule has 0 spiro atoms. The fourth-order valence-electron chi connectivity index (χ4n) is 4.82. The number of nitrogens with zero attached hydrogens (tertiary/aromatic N) is 1. The van der Waals surface area contributed by atoms with Gasteiger partial charge in [-0.3, -0.25) is 4.79 Å². The summed E-state index contributed by atoms with van der Waals surface area (Å²) in [6.45, 7) is 3.76. The van der Waals surface area contributed by atoms with Crippen LogP contribution in [0, 0.1) is 6.92 Å². The first-order valence-electron chi connectivity index (χ1n) is 12.0. The van der Waals surface area contributed by atoms with E-state index >= 15 is 0 Å². The molecule has 1 atom stereocenters. The van der Waals surface area contributed by atoms with Gasteiger partial charge in [-0.2, -0.15) is 0 Å². The highest BCUT2D eigenvalue weighted by Crippen LogP contribution is 2.27. The van der Waals surface area contributed by atoms with Crippen molar-refractivity contribution in [3.63, 3.8) is 0 Å². The lowest BCUT2D eigenvalue weighted by atomic mass is 9.87. The number of aromatic hydroxyl groups is 1. The second kappa shape index (κ2) is 10.7. The van der Waals surface area contributed by atoms with Gasteiger partial charge in [0.25, 0.3) is 5.91 Å². The molecule has 0 saturated heterocycles. The van der Waals surface area contributed by atoms with Crippen LogP contribution in [-0.4, -0.2) is 42.1 Å². The topological polar surface area (TPSA) is 52.6 Å². The molecular formula is C29H34N2O2. The quantitative estimate of drug-likeness (QED) is 0.461. The van der Waals surface area contributed by atoms with Crippen LogP contribution in [0.25, 0.3) is 11.1 Å². The number of benzene rings is 3. The molecule has 0 aromatic heterocycles. The van der Waals surface area contributed by atoms with Gasteiger partial charge in [0.05, 0.1) is 0 Å². The molecule has 0 unspecified atom stereocenters. The first-order valence-corrected chi connectivity index (χ1v) is 12.0. The first-order chi connectivity index (χ1) is 16.0. The van der Waals surface area contributed by atoms with Crippen LogP contribution in [0.2, 0.25) is 0 Å². The third kappa shape index (κ3) is 5.82. The van der Waals surface area contributed by atoms with Gasteiger partial charge in [0.15, 0.2) is 0 Å². The molecule has 0 radical (unpaired) electrons. The van der Waals surface area contributed by atoms with Crippen molar-refractivity contribution >= 4 is 5.91 Å². The van der Waals surface area contributed by atoms with Gasteiger partial charge >= 0.3 is 0 Å². The van der Waals surface area contributed by atoms with E-state index in [2.05, 4.69) is 42.4 Å². The molecule has 33 heavy (non-hydrogen) atoms. The Morgan fingerprint density at radius 3 is 2.64 bits per heavy atom. The van der Waals surface area contributed by atoms with E-state index in [1.54, 1.807) is 6.07 Å². The van der Waals surface area contributed by atoms with Gasteiger partial charge in [-0.25, -0.2) is 0 Å². The van der Waals surface area contributed by atoms with Crippen LogP contribution < -0.4 is 5.32 Å². The zero-order chi connectivity index (χ0) is 23.2. The van der Waals surface area contributed by atoms with Crippen LogP contribution >= 0.6 is 0 Å². The molecule has 172 valence electrons. The molecule has 4 rings (SSSR count). The Morgan fingerprint density at radius 2 is 1.85 bits per heavy atom. The largest absolute Gasteiger partial charge is 0.508 e. The molecule has 2 N–H and O–H groups in total. The Bertz CT molecular complexity index is 1090. The van der Waals surface area contributed by atoms with Gasteiger partial charge in [-0.05, 0) is 105 Å². The summed E-state index contributed by atoms with van der Waals surface area (Å²) >= 11 is 0. The summed E-state index contributed by atoms with van der Waals surface area (Å²) in [4.78, 5) is 15.0. The molecule has 0 fully saturated rings. The highest BCUT2D eigenvalue weighted by atomic mass is 16.3. The second-order valence-corrected chi connectivity index (χ2v) is 9.19. The number of nitrogens with one attached hydrogen (secondary N) is 1. The normalized spacial score (nSPS) is 15.3. The number of carbonyl (C=O) groups excluding carboxylic acids is 1. The van der Waals surface area contributed by atoms with Gasteiger partial charge in [-0.1, -0.05) is 42.5 Å². The molecule has 0 saturated carbocycles. The third-order valence-electron chi connectivity index (χ3n) is 6.81. The molecule has 0 bridgehead atoms. The molecule has 3 aromatic rings. The molecular weight excluding hydrogens is 408 g/mol. The molecule has 1 amide bonds. The number of likely N-dealkylation sites (N-methyl/N-ethyl adjacent to an activating group) is 1. The van der Waals surface area contributed by atoms with E-state index in [-0.39, 0.29) is 5.91 Å². The molecule has 0 heterocycles. The monoisotopic (exact) mass is 442 g/mol. The lowest BCUT2D eigenvalue weighted by molar-refractivity contribution is 0.0952. The van der Waals surface area contributed by atoms with E-state index < -0.39 is 0 Å². The number of amides is 1. The number of fused-ring (bicyclic) bond motifs is 1. The van der Waals surface area contributed by atoms with E-state index in [1.807, 2.05) is 42.5 Å². The number of unbranched alkanes of at least 4 members (excludes halogenated alkanes) is 1. The number of phenols is 1. The van der Waals surface area contributed by atoms with E-state index in [9.17, 15) is 9.90 Å². The Kier molecular flexibility index (Phi) is 7.46. The fourth-order valence-corrected chi connectivity index (χ4v) is 4.82. The maximum Gasteiger partial charge on any atom is 0.251 e. The van der Waals surface area contributed by atoms with Gasteiger partial charge in [0, 0.05) is 18.2 Å². The van der Waals surface area contributed by atoms with Crippen LogP contribution in [0.4, 0.5) is 0 Å². The SMILES string of the molecule is Cc1cc(C(=O)NCCCCN(C)[C@@H]2CCc3ccc(O)cc3C2)ccc1-c1ccccc1. The number of phenolic OH excluding ortho intramolecular Hbond substituents is 1. The minimum absolute atomic E-state index is 0.00485. The molecule has 3 aromatic carbocycles. The van der Waals surface area contributed by atoms with E-state index in [4.69, 9.17) is 0 Å². The summed E-state index contributed by atoms with van der Waals surface area (Å²) in [6, 6.07) is 22.5. The van der Waals surface area contributed by atoms with E-state index in [0.29, 0.717) is 23.9 Å². The summed E-state index contributed by atoms with van der Waals surface area (Å²) < 4.78 is 0. The van der Waals surface area contributed by atoms with Crippen LogP contribution in [0.3, 0.4) is 0 Å². The average molecular weight is 443 g/mol. The minimum atomic E-state index is -0.00485. The zero-order valence-corrected chi connectivity index (χ0v) is 19.7. The third-order valence-corrected chi connectivity index (χ3v) is 6.81. The molecule has 4 heteroatoms. The Hall–Kier alpha value is -3.11. The van der Waals surface area contributed by atoms with E-state index in [1.165, 1.54) is 16.7 Å². The van der Waals surface area contributed by atoms with Crippen LogP contribution in [0.1, 0.15) is 46.3 Å². The van der Waals surface area contributed by atoms with Crippen LogP contribution in [-0.2, 0) is 12.8 Å². The Morgan fingerprint density at radius 1 is 1.03 bits per heavy atom. The van der Waals surface area contributed by atoms with Crippen molar-refractivity contribution in [1.29, 1.82) is 0 Å². The summed E-state index contributed by atoms with van der Waals surface area (Å²) in [7, 11) is 2.19. The van der Waals surface area contributed by atoms with E-state index in [0.717, 1.165) is 49.8 Å². The highest BCUT2D eigenvalue weighted by molar-refractivity contribution is 5.95. The Balaban J connectivity index is 1.20. The number of carbonyl (C=O) groups is 1. The zero-order valence-electron chi connectivity index (χ0n) is 19.7. The summed E-state index contributed by atoms with van der Waals surface area (Å²) in [5, 5.41) is 12.8. The molecule has 0 aliphatic heterocycles. The molecule has 1 aliphatic rings. The van der Waals surface area contributed by atoms with Crippen molar-refractivity contribution in [3.8, 4) is 16.9 Å². The van der Waals surface area contributed by atoms with Crippen molar-refractivity contribution < 1.29 is 9.90 Å². The van der Waals surface area contributed by atoms with Gasteiger partial charge < -0.3 is 15.3 Å². The molecule has 1 aliphatic carbocycles. The van der Waals surface area contributed by atoms with Crippen molar-refractivity contribution in [2.45, 2.75) is 45.1 Å². The van der Waals surface area contributed by atoms with Gasteiger partial charge in [0.1, 0.15) is 5.75 Å². The first kappa shape index (κ1) is 23.1. The number of rotatable bonds is 8. The number of hydrogen-bond donors (Lipinski definition) is 2. The minimum Gasteiger partial charge on any atom is -0.508 e. The van der Waals surface area contributed by atoms with Gasteiger partial charge in [-0.15, -0.1) is 0 Å². The Labute approximate surface area is 197 Å². The smallest absolute Gasteiger partial charge is 0.251 e. The average Bonchev–Trinajstić information content (AvgIpc) is 2.83. The van der Waals surface area contributed by atoms with Crippen molar-refractivity contribution in [2.24, 2.45) is 0 Å². The summed E-state index contributed by atoms with van der Waals surface area (Å²) in [5.41, 5.74) is 6.80. The van der Waals surface area contributed by atoms with Crippen molar-refractivity contribution in [1.82, 2.24) is 10.2 Å². The number of hydrogen-bond acceptors (Lipinski definition) is 3. The van der Waals surface area contributed by atoms with Crippen molar-refractivity contribution in [2.75, 3.05) is 20.1 Å². The highest BCUT2D eigenvalue weighted by Gasteiger charge is 2.22. The predicted molar refractivity (Wildman–Crippen MR) is 135 cm³/mol. The predicted octanol–water partition coefficient (Wildman–Crippen LogP) is 5.37. The van der Waals surface area contributed by atoms with Gasteiger partial charge in [0.2, 0.25) is 0 Å². The van der Waals surface area contributed by atoms with Crippen molar-refractivity contribution in [3.05, 3.63) is 89.0 Å². The summed E-state index contributed by atoms with van der Waals surface area (Å²) in [6.07, 6.45) is 5.23. The van der Waals surface area contributed by atoms with Crippen LogP contribution in [0.5, 0.6) is 5.75 Å². The maximum atomic E-state index is 12.6.